The molecule has 34 heavy (non-hydrogen) atoms. The smallest absolute Gasteiger partial charge is 0.224 e. The van der Waals surface area contributed by atoms with E-state index in [1.54, 1.807) is 23.7 Å². The molecule has 0 bridgehead atoms. The molecule has 5 heterocycles. The first-order chi connectivity index (χ1) is 16.7. The van der Waals surface area contributed by atoms with Crippen molar-refractivity contribution in [2.75, 3.05) is 5.32 Å². The summed E-state index contributed by atoms with van der Waals surface area (Å²) >= 11 is 1.66. The highest BCUT2D eigenvalue weighted by Gasteiger charge is 2.15. The molecule has 0 fully saturated rings. The van der Waals surface area contributed by atoms with E-state index >= 15 is 0 Å². The number of aromatic amines is 2. The highest BCUT2D eigenvalue weighted by molar-refractivity contribution is 7.08. The number of aromatic nitrogens is 5. The van der Waals surface area contributed by atoms with Crippen LogP contribution in [0.25, 0.3) is 55.6 Å². The number of benzene rings is 1. The Balaban J connectivity index is 1.43. The molecule has 0 radical (unpaired) electrons. The maximum Gasteiger partial charge on any atom is 0.224 e. The molecule has 0 aliphatic carbocycles. The molecule has 1 aromatic carbocycles. The van der Waals surface area contributed by atoms with Crippen LogP contribution < -0.4 is 5.32 Å². The number of pyridine rings is 2. The van der Waals surface area contributed by atoms with Crippen molar-refractivity contribution in [3.8, 4) is 33.8 Å². The highest BCUT2D eigenvalue weighted by Crippen LogP contribution is 2.35. The lowest BCUT2D eigenvalue weighted by molar-refractivity contribution is -0.115. The summed E-state index contributed by atoms with van der Waals surface area (Å²) in [5.74, 6) is -0.0401. The van der Waals surface area contributed by atoms with E-state index in [-0.39, 0.29) is 5.91 Å². The molecule has 6 aromatic rings. The Kier molecular flexibility index (Phi) is 4.92. The minimum Gasteiger partial charge on any atom is -0.353 e. The van der Waals surface area contributed by atoms with E-state index in [2.05, 4.69) is 59.4 Å². The van der Waals surface area contributed by atoms with Crippen molar-refractivity contribution in [1.82, 2.24) is 25.1 Å². The Labute approximate surface area is 198 Å². The zero-order valence-electron chi connectivity index (χ0n) is 18.3. The van der Waals surface area contributed by atoms with Gasteiger partial charge in [-0.1, -0.05) is 13.0 Å². The SMILES string of the molecule is CCC(=O)Nc1cncc(-c2ccc3[nH]nc(-c4cc5c(-c6ccsc6)nccc5[nH]4)c3c2)c1. The van der Waals surface area contributed by atoms with Crippen molar-refractivity contribution in [2.24, 2.45) is 0 Å². The predicted molar refractivity (Wildman–Crippen MR) is 137 cm³/mol. The number of hydrogen-bond donors (Lipinski definition) is 3. The number of amides is 1. The fourth-order valence-corrected chi connectivity index (χ4v) is 4.77. The van der Waals surface area contributed by atoms with Crippen LogP contribution in [0, 0.1) is 0 Å². The molecule has 1 amide bonds. The summed E-state index contributed by atoms with van der Waals surface area (Å²) in [5.41, 5.74) is 8.38. The minimum atomic E-state index is -0.0401. The van der Waals surface area contributed by atoms with Gasteiger partial charge in [0.25, 0.3) is 0 Å². The van der Waals surface area contributed by atoms with E-state index in [1.807, 2.05) is 37.4 Å². The first-order valence-corrected chi connectivity index (χ1v) is 11.9. The lowest BCUT2D eigenvalue weighted by atomic mass is 10.0. The number of carbonyl (C=O) groups is 1. The molecule has 0 aliphatic heterocycles. The number of fused-ring (bicyclic) bond motifs is 2. The van der Waals surface area contributed by atoms with E-state index < -0.39 is 0 Å². The molecule has 0 spiro atoms. The number of hydrogen-bond acceptors (Lipinski definition) is 5. The second kappa shape index (κ2) is 8.24. The molecule has 0 saturated heterocycles. The third-order valence-corrected chi connectivity index (χ3v) is 6.52. The summed E-state index contributed by atoms with van der Waals surface area (Å²) in [6, 6.07) is 14.2. The van der Waals surface area contributed by atoms with Crippen LogP contribution in [0.2, 0.25) is 0 Å². The second-order valence-corrected chi connectivity index (χ2v) is 8.79. The Morgan fingerprint density at radius 1 is 0.971 bits per heavy atom. The zero-order valence-corrected chi connectivity index (χ0v) is 19.1. The number of nitrogens with one attached hydrogen (secondary N) is 3. The lowest BCUT2D eigenvalue weighted by Crippen LogP contribution is -2.09. The maximum atomic E-state index is 11.8. The standard InChI is InChI=1S/C26H20N6OS/c1-2-24(33)29-18-9-17(12-27-13-18)15-3-4-22-19(10-15)26(32-31-22)23-11-20-21(30-23)5-7-28-25(20)16-6-8-34-14-16/h3-14,30H,2H2,1H3,(H,29,33)(H,31,32). The van der Waals surface area contributed by atoms with E-state index in [0.717, 1.165) is 55.6 Å². The van der Waals surface area contributed by atoms with Crippen LogP contribution in [0.15, 0.2) is 71.8 Å². The monoisotopic (exact) mass is 464 g/mol. The number of thiophene rings is 1. The number of anilines is 1. The highest BCUT2D eigenvalue weighted by atomic mass is 32.1. The Bertz CT molecular complexity index is 1650. The molecule has 7 nitrogen and oxygen atoms in total. The molecule has 0 atom stereocenters. The molecule has 8 heteroatoms. The third kappa shape index (κ3) is 3.54. The number of nitrogens with zero attached hydrogens (tertiary/aromatic N) is 3. The van der Waals surface area contributed by atoms with Gasteiger partial charge in [-0.05, 0) is 47.3 Å². The van der Waals surface area contributed by atoms with Crippen molar-refractivity contribution in [2.45, 2.75) is 13.3 Å². The van der Waals surface area contributed by atoms with Gasteiger partial charge in [-0.3, -0.25) is 19.9 Å². The molecular formula is C26H20N6OS. The summed E-state index contributed by atoms with van der Waals surface area (Å²) < 4.78 is 0. The van der Waals surface area contributed by atoms with Gasteiger partial charge in [0, 0.05) is 51.6 Å². The van der Waals surface area contributed by atoms with Crippen LogP contribution in [0.1, 0.15) is 13.3 Å². The maximum absolute atomic E-state index is 11.8. The first-order valence-electron chi connectivity index (χ1n) is 10.9. The predicted octanol–water partition coefficient (Wildman–Crippen LogP) is 6.25. The molecule has 6 rings (SSSR count). The van der Waals surface area contributed by atoms with Gasteiger partial charge in [-0.25, -0.2) is 0 Å². The van der Waals surface area contributed by atoms with Gasteiger partial charge in [0.05, 0.1) is 28.8 Å². The Morgan fingerprint density at radius 2 is 1.88 bits per heavy atom. The Hall–Kier alpha value is -4.30. The van der Waals surface area contributed by atoms with Crippen LogP contribution in [0.3, 0.4) is 0 Å². The fraction of sp³-hybridized carbons (Fsp3) is 0.0769. The van der Waals surface area contributed by atoms with Crippen LogP contribution in [0.5, 0.6) is 0 Å². The van der Waals surface area contributed by atoms with E-state index in [1.165, 1.54) is 0 Å². The van der Waals surface area contributed by atoms with Gasteiger partial charge in [-0.15, -0.1) is 0 Å². The van der Waals surface area contributed by atoms with E-state index in [4.69, 9.17) is 0 Å². The van der Waals surface area contributed by atoms with Gasteiger partial charge in [-0.2, -0.15) is 16.4 Å². The van der Waals surface area contributed by atoms with Gasteiger partial charge >= 0.3 is 0 Å². The first kappa shape index (κ1) is 20.3. The van der Waals surface area contributed by atoms with E-state index in [0.29, 0.717) is 12.1 Å². The Morgan fingerprint density at radius 3 is 2.74 bits per heavy atom. The molecule has 5 aromatic heterocycles. The van der Waals surface area contributed by atoms with Crippen molar-refractivity contribution in [3.05, 3.63) is 71.8 Å². The van der Waals surface area contributed by atoms with Gasteiger partial charge < -0.3 is 10.3 Å². The summed E-state index contributed by atoms with van der Waals surface area (Å²) in [4.78, 5) is 24.2. The summed E-state index contributed by atoms with van der Waals surface area (Å²) in [7, 11) is 0. The minimum absolute atomic E-state index is 0.0401. The topological polar surface area (TPSA) is 99.3 Å². The molecule has 166 valence electrons. The quantitative estimate of drug-likeness (QED) is 0.281. The fourth-order valence-electron chi connectivity index (χ4n) is 4.13. The molecule has 0 aliphatic rings. The summed E-state index contributed by atoms with van der Waals surface area (Å²) in [6.07, 6.45) is 5.70. The number of rotatable bonds is 5. The second-order valence-electron chi connectivity index (χ2n) is 8.01. The van der Waals surface area contributed by atoms with Crippen LogP contribution in [-0.2, 0) is 4.79 Å². The van der Waals surface area contributed by atoms with Crippen molar-refractivity contribution in [3.63, 3.8) is 0 Å². The molecular weight excluding hydrogens is 444 g/mol. The largest absolute Gasteiger partial charge is 0.353 e. The van der Waals surface area contributed by atoms with Crippen LogP contribution >= 0.6 is 11.3 Å². The third-order valence-electron chi connectivity index (χ3n) is 5.84. The van der Waals surface area contributed by atoms with Crippen molar-refractivity contribution in [1.29, 1.82) is 0 Å². The van der Waals surface area contributed by atoms with Crippen LogP contribution in [0.4, 0.5) is 5.69 Å². The average Bonchev–Trinajstić information content (AvgIpc) is 3.62. The number of H-pyrrole nitrogens is 2. The van der Waals surface area contributed by atoms with Gasteiger partial charge in [0.1, 0.15) is 5.69 Å². The van der Waals surface area contributed by atoms with E-state index in [9.17, 15) is 4.79 Å². The summed E-state index contributed by atoms with van der Waals surface area (Å²) in [5, 5.41) is 16.8. The average molecular weight is 465 g/mol. The van der Waals surface area contributed by atoms with Gasteiger partial charge in [0.15, 0.2) is 0 Å². The normalized spacial score (nSPS) is 11.3. The molecule has 0 saturated carbocycles. The summed E-state index contributed by atoms with van der Waals surface area (Å²) in [6.45, 7) is 1.82. The molecule has 3 N–H and O–H groups in total. The zero-order chi connectivity index (χ0) is 23.1. The van der Waals surface area contributed by atoms with Crippen LogP contribution in [-0.4, -0.2) is 31.1 Å². The molecule has 0 unspecified atom stereocenters. The van der Waals surface area contributed by atoms with Crippen molar-refractivity contribution < 1.29 is 4.79 Å². The van der Waals surface area contributed by atoms with Crippen molar-refractivity contribution >= 4 is 44.7 Å². The van der Waals surface area contributed by atoms with Gasteiger partial charge in [0.2, 0.25) is 5.91 Å². The number of carbonyl (C=O) groups excluding carboxylic acids is 1. The lowest BCUT2D eigenvalue weighted by Gasteiger charge is -2.06.